The second-order valence-electron chi connectivity index (χ2n) is 4.32. The zero-order chi connectivity index (χ0) is 15.8. The van der Waals surface area contributed by atoms with Crippen LogP contribution in [0.1, 0.15) is 18.9 Å². The molecule has 1 aromatic carbocycles. The molecule has 0 N–H and O–H groups in total. The highest BCUT2D eigenvalue weighted by Gasteiger charge is 2.12. The van der Waals surface area contributed by atoms with E-state index in [1.54, 1.807) is 24.3 Å². The van der Waals surface area contributed by atoms with Crippen molar-refractivity contribution in [2.24, 2.45) is 0 Å². The minimum Gasteiger partial charge on any atom is -0.462 e. The van der Waals surface area contributed by atoms with Crippen LogP contribution in [-0.4, -0.2) is 24.5 Å². The van der Waals surface area contributed by atoms with Gasteiger partial charge in [0.05, 0.1) is 12.8 Å². The molecule has 0 bridgehead atoms. The number of carbonyl (C=O) groups is 3. The van der Waals surface area contributed by atoms with Crippen LogP contribution < -0.4 is 0 Å². The van der Waals surface area contributed by atoms with Crippen LogP contribution >= 0.6 is 11.6 Å². The standard InChI is InChI=1S/C15H15ClO5/c1-10(2)15(19)20-8-7-13(17)21-14(18)9-11-3-5-12(16)6-4-11/h3-6H,1,7-9H2,2H3. The van der Waals surface area contributed by atoms with Crippen molar-refractivity contribution in [2.75, 3.05) is 6.61 Å². The number of benzene rings is 1. The molecule has 0 heterocycles. The Balaban J connectivity index is 2.30. The molecule has 0 amide bonds. The van der Waals surface area contributed by atoms with Crippen LogP contribution in [0.2, 0.25) is 5.02 Å². The second kappa shape index (κ2) is 8.21. The predicted octanol–water partition coefficient (Wildman–Crippen LogP) is 2.46. The normalized spacial score (nSPS) is 9.81. The summed E-state index contributed by atoms with van der Waals surface area (Å²) in [6.45, 7) is 4.74. The molecular formula is C15H15ClO5. The van der Waals surface area contributed by atoms with Crippen molar-refractivity contribution in [1.29, 1.82) is 0 Å². The largest absolute Gasteiger partial charge is 0.462 e. The number of halogens is 1. The van der Waals surface area contributed by atoms with Gasteiger partial charge in [-0.05, 0) is 24.6 Å². The van der Waals surface area contributed by atoms with Crippen LogP contribution in [0.5, 0.6) is 0 Å². The number of hydrogen-bond donors (Lipinski definition) is 0. The molecule has 0 aromatic heterocycles. The fourth-order valence-corrected chi connectivity index (χ4v) is 1.46. The molecule has 0 saturated heterocycles. The fraction of sp³-hybridized carbons (Fsp3) is 0.267. The van der Waals surface area contributed by atoms with E-state index in [2.05, 4.69) is 11.3 Å². The number of hydrogen-bond acceptors (Lipinski definition) is 5. The lowest BCUT2D eigenvalue weighted by atomic mass is 10.1. The first-order valence-electron chi connectivity index (χ1n) is 6.19. The molecule has 6 heteroatoms. The average Bonchev–Trinajstić information content (AvgIpc) is 2.41. The van der Waals surface area contributed by atoms with E-state index in [4.69, 9.17) is 16.3 Å². The van der Waals surface area contributed by atoms with Crippen molar-refractivity contribution in [3.8, 4) is 0 Å². The first-order valence-corrected chi connectivity index (χ1v) is 6.57. The maximum Gasteiger partial charge on any atom is 0.333 e. The molecule has 0 unspecified atom stereocenters. The molecule has 5 nitrogen and oxygen atoms in total. The first-order chi connectivity index (χ1) is 9.88. The van der Waals surface area contributed by atoms with Crippen molar-refractivity contribution < 1.29 is 23.9 Å². The van der Waals surface area contributed by atoms with Gasteiger partial charge in [0, 0.05) is 10.6 Å². The Morgan fingerprint density at radius 1 is 1.14 bits per heavy atom. The summed E-state index contributed by atoms with van der Waals surface area (Å²) >= 11 is 5.72. The summed E-state index contributed by atoms with van der Waals surface area (Å²) in [5.74, 6) is -2.01. The Labute approximate surface area is 127 Å². The SMILES string of the molecule is C=C(C)C(=O)OCCC(=O)OC(=O)Cc1ccc(Cl)cc1. The van der Waals surface area contributed by atoms with Gasteiger partial charge < -0.3 is 9.47 Å². The molecule has 1 rings (SSSR count). The Hall–Kier alpha value is -2.14. The van der Waals surface area contributed by atoms with Gasteiger partial charge in [0.1, 0.15) is 6.61 Å². The van der Waals surface area contributed by atoms with E-state index in [0.717, 1.165) is 0 Å². The third-order valence-electron chi connectivity index (χ3n) is 2.38. The van der Waals surface area contributed by atoms with Crippen molar-refractivity contribution in [3.63, 3.8) is 0 Å². The molecule has 0 aliphatic heterocycles. The summed E-state index contributed by atoms with van der Waals surface area (Å²) < 4.78 is 9.32. The zero-order valence-corrected chi connectivity index (χ0v) is 12.3. The van der Waals surface area contributed by atoms with Crippen molar-refractivity contribution in [2.45, 2.75) is 19.8 Å². The van der Waals surface area contributed by atoms with E-state index in [1.807, 2.05) is 0 Å². The van der Waals surface area contributed by atoms with Gasteiger partial charge in [-0.3, -0.25) is 9.59 Å². The Morgan fingerprint density at radius 2 is 1.76 bits per heavy atom. The molecule has 0 aliphatic rings. The van der Waals surface area contributed by atoms with Crippen LogP contribution in [0.15, 0.2) is 36.4 Å². The van der Waals surface area contributed by atoms with Crippen LogP contribution in [0.4, 0.5) is 0 Å². The molecule has 0 radical (unpaired) electrons. The van der Waals surface area contributed by atoms with E-state index in [0.29, 0.717) is 10.6 Å². The third-order valence-corrected chi connectivity index (χ3v) is 2.63. The lowest BCUT2D eigenvalue weighted by Gasteiger charge is -2.05. The van der Waals surface area contributed by atoms with Gasteiger partial charge in [0.25, 0.3) is 0 Å². The molecule has 0 spiro atoms. The van der Waals surface area contributed by atoms with E-state index in [9.17, 15) is 14.4 Å². The van der Waals surface area contributed by atoms with Crippen LogP contribution in [0.3, 0.4) is 0 Å². The van der Waals surface area contributed by atoms with E-state index in [1.165, 1.54) is 6.92 Å². The average molecular weight is 311 g/mol. The Morgan fingerprint density at radius 3 is 2.33 bits per heavy atom. The number of rotatable bonds is 6. The zero-order valence-electron chi connectivity index (χ0n) is 11.6. The fourth-order valence-electron chi connectivity index (χ4n) is 1.33. The quantitative estimate of drug-likeness (QED) is 0.458. The molecule has 112 valence electrons. The maximum absolute atomic E-state index is 11.5. The number of esters is 3. The molecule has 0 aliphatic carbocycles. The first kappa shape index (κ1) is 16.9. The summed E-state index contributed by atoms with van der Waals surface area (Å²) in [7, 11) is 0. The Bertz CT molecular complexity index is 548. The highest BCUT2D eigenvalue weighted by molar-refractivity contribution is 6.30. The highest BCUT2D eigenvalue weighted by Crippen LogP contribution is 2.10. The smallest absolute Gasteiger partial charge is 0.333 e. The maximum atomic E-state index is 11.5. The van der Waals surface area contributed by atoms with Crippen molar-refractivity contribution in [3.05, 3.63) is 47.0 Å². The van der Waals surface area contributed by atoms with Crippen LogP contribution in [-0.2, 0) is 30.3 Å². The molecule has 0 saturated carbocycles. The van der Waals surface area contributed by atoms with E-state index in [-0.39, 0.29) is 25.0 Å². The molecule has 1 aromatic rings. The van der Waals surface area contributed by atoms with Gasteiger partial charge in [0.2, 0.25) is 0 Å². The lowest BCUT2D eigenvalue weighted by molar-refractivity contribution is -0.160. The van der Waals surface area contributed by atoms with Crippen LogP contribution in [0.25, 0.3) is 0 Å². The number of carbonyl (C=O) groups excluding carboxylic acids is 3. The van der Waals surface area contributed by atoms with Crippen molar-refractivity contribution >= 4 is 29.5 Å². The Kier molecular flexibility index (Phi) is 6.62. The minimum absolute atomic E-state index is 0.0333. The predicted molar refractivity (Wildman–Crippen MR) is 76.6 cm³/mol. The van der Waals surface area contributed by atoms with Crippen LogP contribution in [0, 0.1) is 0 Å². The van der Waals surface area contributed by atoms with Gasteiger partial charge in [0.15, 0.2) is 0 Å². The van der Waals surface area contributed by atoms with Gasteiger partial charge in [-0.25, -0.2) is 4.79 Å². The third kappa shape index (κ3) is 6.72. The molecular weight excluding hydrogens is 296 g/mol. The van der Waals surface area contributed by atoms with Gasteiger partial charge >= 0.3 is 17.9 Å². The van der Waals surface area contributed by atoms with Crippen molar-refractivity contribution in [1.82, 2.24) is 0 Å². The molecule has 0 atom stereocenters. The van der Waals surface area contributed by atoms with E-state index < -0.39 is 17.9 Å². The highest BCUT2D eigenvalue weighted by atomic mass is 35.5. The molecule has 21 heavy (non-hydrogen) atoms. The molecule has 0 fully saturated rings. The summed E-state index contributed by atoms with van der Waals surface area (Å²) in [4.78, 5) is 33.9. The van der Waals surface area contributed by atoms with Gasteiger partial charge in [-0.15, -0.1) is 0 Å². The minimum atomic E-state index is -0.747. The lowest BCUT2D eigenvalue weighted by Crippen LogP contribution is -2.17. The summed E-state index contributed by atoms with van der Waals surface area (Å²) in [6.07, 6.45) is -0.222. The topological polar surface area (TPSA) is 69.7 Å². The summed E-state index contributed by atoms with van der Waals surface area (Å²) in [5, 5.41) is 0.558. The number of ether oxygens (including phenoxy) is 2. The summed E-state index contributed by atoms with van der Waals surface area (Å²) in [6, 6.07) is 6.62. The van der Waals surface area contributed by atoms with Gasteiger partial charge in [-0.1, -0.05) is 30.3 Å². The monoisotopic (exact) mass is 310 g/mol. The van der Waals surface area contributed by atoms with Gasteiger partial charge in [-0.2, -0.15) is 0 Å². The van der Waals surface area contributed by atoms with E-state index >= 15 is 0 Å². The second-order valence-corrected chi connectivity index (χ2v) is 4.75. The summed E-state index contributed by atoms with van der Waals surface area (Å²) in [5.41, 5.74) is 0.924.